The molecule has 1 spiro atoms. The second kappa shape index (κ2) is 5.72. The zero-order valence-corrected chi connectivity index (χ0v) is 15.5. The van der Waals surface area contributed by atoms with Crippen LogP contribution in [0.4, 0.5) is 13.6 Å². The monoisotopic (exact) mass is 420 g/mol. The van der Waals surface area contributed by atoms with E-state index < -0.39 is 45.1 Å². The van der Waals surface area contributed by atoms with Crippen LogP contribution >= 0.6 is 0 Å². The van der Waals surface area contributed by atoms with E-state index in [2.05, 4.69) is 9.72 Å². The van der Waals surface area contributed by atoms with Crippen molar-refractivity contribution < 1.29 is 40.8 Å². The standard InChI is InChI=1S/C16H18F2N2O7S/c17-16(18,28(23,24)25)11(21)26-9-13-2-1-3-14(6-13)8-15(14,7-13)27-12(22)20-5-4-19-10-20/h4-5,10H,1-3,6-9H2,(H,23,24,25). The van der Waals surface area contributed by atoms with Crippen molar-refractivity contribution in [2.45, 2.75) is 49.4 Å². The van der Waals surface area contributed by atoms with Crippen molar-refractivity contribution >= 4 is 22.2 Å². The number of carbonyl (C=O) groups is 2. The van der Waals surface area contributed by atoms with Crippen molar-refractivity contribution in [1.82, 2.24) is 9.55 Å². The number of aromatic nitrogens is 2. The molecule has 154 valence electrons. The molecule has 1 N–H and O–H groups in total. The van der Waals surface area contributed by atoms with Gasteiger partial charge < -0.3 is 9.47 Å². The van der Waals surface area contributed by atoms with Crippen LogP contribution in [0.3, 0.4) is 0 Å². The molecule has 1 heterocycles. The molecule has 1 aromatic heterocycles. The molecule has 3 aliphatic rings. The van der Waals surface area contributed by atoms with Gasteiger partial charge in [-0.15, -0.1) is 0 Å². The highest BCUT2D eigenvalue weighted by molar-refractivity contribution is 7.87. The molecule has 12 heteroatoms. The Morgan fingerprint density at radius 1 is 1.25 bits per heavy atom. The highest BCUT2D eigenvalue weighted by atomic mass is 32.2. The number of imidazole rings is 1. The number of ether oxygens (including phenoxy) is 2. The highest BCUT2D eigenvalue weighted by Gasteiger charge is 2.79. The van der Waals surface area contributed by atoms with Gasteiger partial charge in [-0.25, -0.2) is 19.1 Å². The average molecular weight is 420 g/mol. The molecule has 3 atom stereocenters. The van der Waals surface area contributed by atoms with Gasteiger partial charge in [-0.1, -0.05) is 6.42 Å². The molecule has 0 aromatic carbocycles. The number of nitrogens with zero attached hydrogens (tertiary/aromatic N) is 2. The minimum atomic E-state index is -5.91. The molecule has 0 aliphatic heterocycles. The summed E-state index contributed by atoms with van der Waals surface area (Å²) in [6.07, 6.45) is 7.25. The summed E-state index contributed by atoms with van der Waals surface area (Å²) >= 11 is 0. The molecule has 3 aliphatic carbocycles. The number of alkyl halides is 2. The van der Waals surface area contributed by atoms with E-state index >= 15 is 0 Å². The molecule has 3 fully saturated rings. The molecule has 2 bridgehead atoms. The average Bonchev–Trinajstić information content (AvgIpc) is 2.95. The molecule has 3 unspecified atom stereocenters. The Morgan fingerprint density at radius 3 is 2.64 bits per heavy atom. The summed E-state index contributed by atoms with van der Waals surface area (Å²) in [6.45, 7) is -0.428. The first-order valence-electron chi connectivity index (χ1n) is 8.68. The summed E-state index contributed by atoms with van der Waals surface area (Å²) in [5.74, 6) is -2.31. The molecule has 3 saturated carbocycles. The lowest BCUT2D eigenvalue weighted by atomic mass is 9.72. The van der Waals surface area contributed by atoms with Crippen LogP contribution in [0.25, 0.3) is 0 Å². The van der Waals surface area contributed by atoms with Crippen LogP contribution < -0.4 is 0 Å². The fourth-order valence-corrected chi connectivity index (χ4v) is 5.36. The van der Waals surface area contributed by atoms with Crippen LogP contribution in [0.15, 0.2) is 18.7 Å². The van der Waals surface area contributed by atoms with Gasteiger partial charge in [-0.2, -0.15) is 17.2 Å². The third kappa shape index (κ3) is 2.72. The molecule has 28 heavy (non-hydrogen) atoms. The van der Waals surface area contributed by atoms with Crippen LogP contribution in [0.2, 0.25) is 0 Å². The van der Waals surface area contributed by atoms with Gasteiger partial charge in [0.1, 0.15) is 11.9 Å². The predicted molar refractivity (Wildman–Crippen MR) is 86.9 cm³/mol. The van der Waals surface area contributed by atoms with E-state index in [9.17, 15) is 26.8 Å². The van der Waals surface area contributed by atoms with Crippen molar-refractivity contribution in [2.75, 3.05) is 6.61 Å². The molecule has 4 rings (SSSR count). The lowest BCUT2D eigenvalue weighted by Crippen LogP contribution is -2.41. The van der Waals surface area contributed by atoms with Gasteiger partial charge in [-0.05, 0) is 32.1 Å². The van der Waals surface area contributed by atoms with Crippen molar-refractivity contribution in [3.8, 4) is 0 Å². The van der Waals surface area contributed by atoms with Crippen molar-refractivity contribution in [2.24, 2.45) is 10.8 Å². The van der Waals surface area contributed by atoms with Crippen molar-refractivity contribution in [1.29, 1.82) is 0 Å². The second-order valence-electron chi connectivity index (χ2n) is 8.06. The van der Waals surface area contributed by atoms with Gasteiger partial charge in [0.2, 0.25) is 0 Å². The minimum Gasteiger partial charge on any atom is -0.460 e. The fourth-order valence-electron chi connectivity index (χ4n) is 5.09. The number of rotatable bonds is 5. The van der Waals surface area contributed by atoms with Crippen LogP contribution in [0.1, 0.15) is 38.5 Å². The van der Waals surface area contributed by atoms with Gasteiger partial charge in [0, 0.05) is 23.2 Å². The van der Waals surface area contributed by atoms with Gasteiger partial charge in [-0.3, -0.25) is 4.55 Å². The molecule has 1 aromatic rings. The molecule has 0 amide bonds. The smallest absolute Gasteiger partial charge is 0.460 e. The zero-order chi connectivity index (χ0) is 20.4. The van der Waals surface area contributed by atoms with Crippen LogP contribution in [-0.2, 0) is 24.4 Å². The number of carbonyl (C=O) groups excluding carboxylic acids is 2. The highest BCUT2D eigenvalue weighted by Crippen LogP contribution is 2.78. The number of hydrogen-bond donors (Lipinski definition) is 1. The van der Waals surface area contributed by atoms with Gasteiger partial charge in [0.05, 0.1) is 6.61 Å². The van der Waals surface area contributed by atoms with Gasteiger partial charge in [0.25, 0.3) is 0 Å². The van der Waals surface area contributed by atoms with Crippen LogP contribution in [-0.4, -0.2) is 52.0 Å². The Balaban J connectivity index is 1.47. The quantitative estimate of drug-likeness (QED) is 0.566. The maximum Gasteiger partial charge on any atom is 0.465 e. The second-order valence-corrected chi connectivity index (χ2v) is 9.53. The van der Waals surface area contributed by atoms with E-state index in [1.54, 1.807) is 0 Å². The minimum absolute atomic E-state index is 0.278. The zero-order valence-electron chi connectivity index (χ0n) is 14.6. The SMILES string of the molecule is O=C(OC12CC3(COC(=O)C(F)(F)S(=O)(=O)O)CCCC1(C3)C2)n1ccnc1. The van der Waals surface area contributed by atoms with Crippen LogP contribution in [0, 0.1) is 10.8 Å². The normalized spacial score (nSPS) is 33.8. The Morgan fingerprint density at radius 2 is 2.00 bits per heavy atom. The lowest BCUT2D eigenvalue weighted by molar-refractivity contribution is -0.166. The predicted octanol–water partition coefficient (Wildman–Crippen LogP) is 1.98. The summed E-state index contributed by atoms with van der Waals surface area (Å²) in [5, 5.41) is -5.02. The summed E-state index contributed by atoms with van der Waals surface area (Å²) in [5.41, 5.74) is -1.70. The summed E-state index contributed by atoms with van der Waals surface area (Å²) in [7, 11) is -5.91. The summed E-state index contributed by atoms with van der Waals surface area (Å²) in [4.78, 5) is 27.6. The van der Waals surface area contributed by atoms with E-state index in [1.165, 1.54) is 23.3 Å². The summed E-state index contributed by atoms with van der Waals surface area (Å²) in [6, 6.07) is 0. The molecule has 9 nitrogen and oxygen atoms in total. The summed E-state index contributed by atoms with van der Waals surface area (Å²) < 4.78 is 68.2. The first-order valence-corrected chi connectivity index (χ1v) is 10.1. The van der Waals surface area contributed by atoms with E-state index in [0.29, 0.717) is 25.7 Å². The third-order valence-electron chi connectivity index (χ3n) is 6.27. The first-order chi connectivity index (χ1) is 12.9. The molecule has 0 radical (unpaired) electrons. The number of esters is 1. The van der Waals surface area contributed by atoms with E-state index in [-0.39, 0.29) is 5.41 Å². The first kappa shape index (κ1) is 19.2. The van der Waals surface area contributed by atoms with Crippen LogP contribution in [0.5, 0.6) is 0 Å². The Hall–Kier alpha value is -2.08. The van der Waals surface area contributed by atoms with Gasteiger partial charge >= 0.3 is 27.4 Å². The molecule has 0 saturated heterocycles. The van der Waals surface area contributed by atoms with E-state index in [4.69, 9.17) is 9.29 Å². The lowest BCUT2D eigenvalue weighted by Gasteiger charge is -2.35. The van der Waals surface area contributed by atoms with Crippen molar-refractivity contribution in [3.05, 3.63) is 18.7 Å². The fraction of sp³-hybridized carbons (Fsp3) is 0.688. The number of hydrogen-bond acceptors (Lipinski definition) is 7. The number of fused-ring (bicyclic) bond motifs is 1. The van der Waals surface area contributed by atoms with Gasteiger partial charge in [0.15, 0.2) is 0 Å². The Bertz CT molecular complexity index is 935. The maximum atomic E-state index is 13.4. The maximum absolute atomic E-state index is 13.4. The van der Waals surface area contributed by atoms with Crippen molar-refractivity contribution in [3.63, 3.8) is 0 Å². The number of halogens is 2. The molecular formula is C16H18F2N2O7S. The largest absolute Gasteiger partial charge is 0.465 e. The molecular weight excluding hydrogens is 402 g/mol. The van der Waals surface area contributed by atoms with E-state index in [1.807, 2.05) is 0 Å². The van der Waals surface area contributed by atoms with E-state index in [0.717, 1.165) is 12.8 Å². The Kier molecular flexibility index (Phi) is 3.93. The topological polar surface area (TPSA) is 125 Å². The third-order valence-corrected chi connectivity index (χ3v) is 7.09. The Labute approximate surface area is 158 Å².